The Labute approximate surface area is 111 Å². The lowest BCUT2D eigenvalue weighted by molar-refractivity contribution is -0.143. The fourth-order valence-electron chi connectivity index (χ4n) is 2.44. The molecule has 100 valence electrons. The highest BCUT2D eigenvalue weighted by Crippen LogP contribution is 2.45. The predicted octanol–water partition coefficient (Wildman–Crippen LogP) is 2.88. The van der Waals surface area contributed by atoms with Crippen LogP contribution >= 0.6 is 0 Å². The summed E-state index contributed by atoms with van der Waals surface area (Å²) in [6.45, 7) is 0.235. The van der Waals surface area contributed by atoms with Crippen molar-refractivity contribution in [1.29, 1.82) is 0 Å². The highest BCUT2D eigenvalue weighted by Gasteiger charge is 2.42. The van der Waals surface area contributed by atoms with Crippen molar-refractivity contribution in [3.8, 4) is 0 Å². The zero-order chi connectivity index (χ0) is 13.7. The topological polar surface area (TPSA) is 88.0 Å². The number of azide groups is 1. The normalized spacial score (nSPS) is 16.1. The van der Waals surface area contributed by atoms with E-state index in [1.54, 1.807) is 0 Å². The second-order valence-electron chi connectivity index (χ2n) is 4.79. The third-order valence-corrected chi connectivity index (χ3v) is 3.67. The van der Waals surface area contributed by atoms with Gasteiger partial charge in [-0.3, -0.25) is 9.78 Å². The van der Waals surface area contributed by atoms with Crippen molar-refractivity contribution in [3.63, 3.8) is 0 Å². The van der Waals surface area contributed by atoms with E-state index in [0.29, 0.717) is 6.42 Å². The number of aromatic nitrogens is 1. The van der Waals surface area contributed by atoms with Crippen LogP contribution in [0.4, 0.5) is 0 Å². The molecule has 6 heteroatoms. The molecule has 0 aliphatic heterocycles. The van der Waals surface area contributed by atoms with Gasteiger partial charge in [0.15, 0.2) is 0 Å². The van der Waals surface area contributed by atoms with Gasteiger partial charge in [0, 0.05) is 21.7 Å². The fourth-order valence-corrected chi connectivity index (χ4v) is 2.44. The quantitative estimate of drug-likeness (QED) is 0.353. The lowest BCUT2D eigenvalue weighted by Crippen LogP contribution is -2.38. The first kappa shape index (κ1) is 13.4. The van der Waals surface area contributed by atoms with Crippen molar-refractivity contribution in [1.82, 2.24) is 4.98 Å². The zero-order valence-electron chi connectivity index (χ0n) is 10.9. The summed E-state index contributed by atoms with van der Waals surface area (Å²) in [7, 11) is 1.40. The molecular weight excluding hydrogens is 244 g/mol. The minimum absolute atomic E-state index is 0.195. The number of methoxy groups -OCH3 is 1. The van der Waals surface area contributed by atoms with Crippen molar-refractivity contribution in [2.24, 2.45) is 5.11 Å². The van der Waals surface area contributed by atoms with Crippen LogP contribution in [0.25, 0.3) is 10.4 Å². The monoisotopic (exact) mass is 260 g/mol. The summed E-state index contributed by atoms with van der Waals surface area (Å²) < 4.78 is 4.76. The SMILES string of the molecule is COC(=O)CC1(c2cccc(CN=[N+]=[N-])n2)CCC1. The van der Waals surface area contributed by atoms with Gasteiger partial charge in [0.1, 0.15) is 0 Å². The van der Waals surface area contributed by atoms with E-state index in [1.807, 2.05) is 18.2 Å². The first-order valence-corrected chi connectivity index (χ1v) is 6.24. The standard InChI is InChI=1S/C13H16N4O2/c1-19-12(18)8-13(6-3-7-13)11-5-2-4-10(16-11)9-15-17-14/h2,4-5H,3,6-9H2,1H3. The maximum absolute atomic E-state index is 11.5. The van der Waals surface area contributed by atoms with E-state index in [9.17, 15) is 4.79 Å². The first-order valence-electron chi connectivity index (χ1n) is 6.24. The Kier molecular flexibility index (Phi) is 4.02. The van der Waals surface area contributed by atoms with Gasteiger partial charge in [0.2, 0.25) is 0 Å². The Bertz CT molecular complexity index is 519. The van der Waals surface area contributed by atoms with Gasteiger partial charge in [-0.15, -0.1) is 0 Å². The highest BCUT2D eigenvalue weighted by molar-refractivity contribution is 5.71. The van der Waals surface area contributed by atoms with Gasteiger partial charge in [-0.2, -0.15) is 0 Å². The zero-order valence-corrected chi connectivity index (χ0v) is 10.9. The number of carbonyl (C=O) groups is 1. The van der Waals surface area contributed by atoms with Crippen LogP contribution in [0.3, 0.4) is 0 Å². The van der Waals surface area contributed by atoms with Crippen LogP contribution in [-0.2, 0) is 21.5 Å². The second-order valence-corrected chi connectivity index (χ2v) is 4.79. The molecular formula is C13H16N4O2. The van der Waals surface area contributed by atoms with Crippen LogP contribution in [0.2, 0.25) is 0 Å². The summed E-state index contributed by atoms with van der Waals surface area (Å²) in [6, 6.07) is 5.65. The van der Waals surface area contributed by atoms with E-state index in [2.05, 4.69) is 15.0 Å². The van der Waals surface area contributed by atoms with Crippen molar-refractivity contribution < 1.29 is 9.53 Å². The molecule has 2 rings (SSSR count). The molecule has 0 unspecified atom stereocenters. The van der Waals surface area contributed by atoms with E-state index in [-0.39, 0.29) is 17.9 Å². The highest BCUT2D eigenvalue weighted by atomic mass is 16.5. The molecule has 1 aromatic rings. The van der Waals surface area contributed by atoms with E-state index in [4.69, 9.17) is 10.3 Å². The number of pyridine rings is 1. The minimum atomic E-state index is -0.207. The second kappa shape index (κ2) is 5.71. The van der Waals surface area contributed by atoms with Gasteiger partial charge >= 0.3 is 5.97 Å². The van der Waals surface area contributed by atoms with Gasteiger partial charge in [-0.05, 0) is 30.5 Å². The van der Waals surface area contributed by atoms with Crippen LogP contribution in [-0.4, -0.2) is 18.1 Å². The summed E-state index contributed by atoms with van der Waals surface area (Å²) in [6.07, 6.45) is 3.35. The van der Waals surface area contributed by atoms with Gasteiger partial charge in [0.05, 0.1) is 20.1 Å². The van der Waals surface area contributed by atoms with E-state index in [0.717, 1.165) is 30.7 Å². The van der Waals surface area contributed by atoms with Crippen LogP contribution < -0.4 is 0 Å². The molecule has 0 spiro atoms. The number of rotatable bonds is 5. The number of esters is 1. The molecule has 0 amide bonds. The number of ether oxygens (including phenoxy) is 1. The number of carbonyl (C=O) groups excluding carboxylic acids is 1. The van der Waals surface area contributed by atoms with Crippen molar-refractivity contribution in [2.75, 3.05) is 7.11 Å². The summed E-state index contributed by atoms with van der Waals surface area (Å²) >= 11 is 0. The van der Waals surface area contributed by atoms with Gasteiger partial charge in [-0.25, -0.2) is 0 Å². The largest absolute Gasteiger partial charge is 0.469 e. The van der Waals surface area contributed by atoms with Gasteiger partial charge in [0.25, 0.3) is 0 Å². The Balaban J connectivity index is 2.23. The predicted molar refractivity (Wildman–Crippen MR) is 69.2 cm³/mol. The average molecular weight is 260 g/mol. The third-order valence-electron chi connectivity index (χ3n) is 3.67. The molecule has 0 saturated heterocycles. The van der Waals surface area contributed by atoms with Crippen molar-refractivity contribution in [2.45, 2.75) is 37.6 Å². The van der Waals surface area contributed by atoms with Crippen LogP contribution in [0.15, 0.2) is 23.3 Å². The molecule has 0 atom stereocenters. The lowest BCUT2D eigenvalue weighted by atomic mass is 9.64. The molecule has 1 saturated carbocycles. The molecule has 0 N–H and O–H groups in total. The van der Waals surface area contributed by atoms with Crippen molar-refractivity contribution in [3.05, 3.63) is 40.0 Å². The first-order chi connectivity index (χ1) is 9.20. The van der Waals surface area contributed by atoms with Gasteiger partial charge < -0.3 is 4.74 Å². The van der Waals surface area contributed by atoms with Gasteiger partial charge in [-0.1, -0.05) is 17.6 Å². The van der Waals surface area contributed by atoms with Crippen LogP contribution in [0, 0.1) is 0 Å². The van der Waals surface area contributed by atoms with E-state index >= 15 is 0 Å². The number of hydrogen-bond acceptors (Lipinski definition) is 4. The molecule has 1 fully saturated rings. The molecule has 19 heavy (non-hydrogen) atoms. The molecule has 1 aromatic heterocycles. The molecule has 6 nitrogen and oxygen atoms in total. The fraction of sp³-hybridized carbons (Fsp3) is 0.538. The van der Waals surface area contributed by atoms with E-state index < -0.39 is 0 Å². The summed E-state index contributed by atoms with van der Waals surface area (Å²) in [5.41, 5.74) is 9.77. The lowest BCUT2D eigenvalue weighted by Gasteiger charge is -2.40. The van der Waals surface area contributed by atoms with Crippen molar-refractivity contribution >= 4 is 5.97 Å². The molecule has 1 aliphatic rings. The Morgan fingerprint density at radius 2 is 2.37 bits per heavy atom. The average Bonchev–Trinajstić information content (AvgIpc) is 2.40. The number of nitrogens with zero attached hydrogens (tertiary/aromatic N) is 4. The third kappa shape index (κ3) is 2.85. The Hall–Kier alpha value is -2.07. The van der Waals surface area contributed by atoms with Crippen LogP contribution in [0.5, 0.6) is 0 Å². The Morgan fingerprint density at radius 1 is 1.58 bits per heavy atom. The summed E-state index contributed by atoms with van der Waals surface area (Å²) in [5, 5.41) is 3.51. The minimum Gasteiger partial charge on any atom is -0.469 e. The molecule has 0 bridgehead atoms. The molecule has 1 aliphatic carbocycles. The van der Waals surface area contributed by atoms with Crippen LogP contribution in [0.1, 0.15) is 37.1 Å². The molecule has 1 heterocycles. The maximum atomic E-state index is 11.5. The molecule has 0 aromatic carbocycles. The summed E-state index contributed by atoms with van der Waals surface area (Å²) in [4.78, 5) is 18.8. The Morgan fingerprint density at radius 3 is 2.95 bits per heavy atom. The smallest absolute Gasteiger partial charge is 0.306 e. The number of hydrogen-bond donors (Lipinski definition) is 0. The molecule has 0 radical (unpaired) electrons. The summed E-state index contributed by atoms with van der Waals surface area (Å²) in [5.74, 6) is -0.207. The van der Waals surface area contributed by atoms with E-state index in [1.165, 1.54) is 7.11 Å². The maximum Gasteiger partial charge on any atom is 0.306 e.